The van der Waals surface area contributed by atoms with Gasteiger partial charge in [0.2, 0.25) is 5.78 Å². The lowest BCUT2D eigenvalue weighted by Gasteiger charge is -2.27. The summed E-state index contributed by atoms with van der Waals surface area (Å²) >= 11 is 0. The molecule has 5 aromatic rings. The number of imidazole rings is 1. The number of hydrogen-bond acceptors (Lipinski definition) is 6. The van der Waals surface area contributed by atoms with Crippen molar-refractivity contribution in [3.05, 3.63) is 101 Å². The average Bonchev–Trinajstić information content (AvgIpc) is 3.57. The number of ether oxygens (including phenoxy) is 1. The standard InChI is InChI=1S/C37H36F4N6O2/c1-20(8-6-13-42-37(3)11-12-37)43-31-25(38)16-23(17-26(31)39)35(48)28-18-22-10-15-45(4)34-30(24-9-7-14-47(28)33(22)24)29(49-36(40)41)19-27-32(34)44-21(2)46(27)5/h6-9,14,16-19,36,42-43H,1,10-13,15H2,2-5H3/b8-6+. The Kier molecular flexibility index (Phi) is 8.01. The van der Waals surface area contributed by atoms with Gasteiger partial charge in [-0.05, 0) is 69.0 Å². The molecule has 8 nitrogen and oxygen atoms in total. The highest BCUT2D eigenvalue weighted by atomic mass is 19.3. The Morgan fingerprint density at radius 3 is 2.59 bits per heavy atom. The highest BCUT2D eigenvalue weighted by molar-refractivity contribution is 6.11. The maximum absolute atomic E-state index is 15.4. The predicted octanol–water partition coefficient (Wildman–Crippen LogP) is 7.53. The zero-order chi connectivity index (χ0) is 34.8. The smallest absolute Gasteiger partial charge is 0.387 e. The molecule has 1 aliphatic heterocycles. The summed E-state index contributed by atoms with van der Waals surface area (Å²) in [6, 6.07) is 8.74. The fraction of sp³-hybridized carbons (Fsp3) is 0.297. The van der Waals surface area contributed by atoms with E-state index < -0.39 is 29.7 Å². The van der Waals surface area contributed by atoms with Gasteiger partial charge in [0.05, 0.1) is 28.0 Å². The van der Waals surface area contributed by atoms with Crippen molar-refractivity contribution in [3.63, 3.8) is 0 Å². The molecule has 1 saturated carbocycles. The number of aromatic nitrogens is 3. The maximum atomic E-state index is 15.4. The largest absolute Gasteiger partial charge is 0.434 e. The van der Waals surface area contributed by atoms with Gasteiger partial charge in [-0.3, -0.25) is 4.79 Å². The van der Waals surface area contributed by atoms with E-state index >= 15 is 8.78 Å². The third-order valence-corrected chi connectivity index (χ3v) is 9.58. The Morgan fingerprint density at radius 2 is 1.90 bits per heavy atom. The summed E-state index contributed by atoms with van der Waals surface area (Å²) in [5.74, 6) is -1.82. The minimum Gasteiger partial charge on any atom is -0.434 e. The quantitative estimate of drug-likeness (QED) is 0.0908. The van der Waals surface area contributed by atoms with E-state index in [1.165, 1.54) is 0 Å². The molecule has 7 rings (SSSR count). The van der Waals surface area contributed by atoms with Crippen LogP contribution in [-0.4, -0.2) is 52.0 Å². The van der Waals surface area contributed by atoms with Gasteiger partial charge < -0.3 is 29.2 Å². The number of fused-ring (bicyclic) bond motifs is 4. The number of carbonyl (C=O) groups excluding carboxylic acids is 1. The first-order valence-electron chi connectivity index (χ1n) is 16.1. The minimum absolute atomic E-state index is 0.0282. The van der Waals surface area contributed by atoms with Crippen molar-refractivity contribution in [2.45, 2.75) is 45.3 Å². The van der Waals surface area contributed by atoms with Crippen LogP contribution in [0, 0.1) is 18.6 Å². The minimum atomic E-state index is -3.09. The molecule has 0 atom stereocenters. The van der Waals surface area contributed by atoms with Crippen molar-refractivity contribution in [3.8, 4) is 16.9 Å². The van der Waals surface area contributed by atoms with E-state index in [0.29, 0.717) is 64.4 Å². The number of allylic oxidation sites excluding steroid dienone is 1. The van der Waals surface area contributed by atoms with Crippen LogP contribution >= 0.6 is 0 Å². The van der Waals surface area contributed by atoms with Crippen molar-refractivity contribution >= 4 is 33.7 Å². The molecular formula is C37H36F4N6O2. The van der Waals surface area contributed by atoms with Crippen LogP contribution in [0.5, 0.6) is 5.75 Å². The van der Waals surface area contributed by atoms with Gasteiger partial charge in [-0.2, -0.15) is 8.78 Å². The van der Waals surface area contributed by atoms with E-state index in [4.69, 9.17) is 9.72 Å². The molecule has 2 N–H and O–H groups in total. The first-order valence-corrected chi connectivity index (χ1v) is 16.1. The summed E-state index contributed by atoms with van der Waals surface area (Å²) in [6.07, 6.45) is 7.86. The molecule has 12 heteroatoms. The van der Waals surface area contributed by atoms with Gasteiger partial charge >= 0.3 is 6.61 Å². The molecule has 1 aliphatic carbocycles. The van der Waals surface area contributed by atoms with Crippen LogP contribution in [0.3, 0.4) is 0 Å². The van der Waals surface area contributed by atoms with E-state index in [2.05, 4.69) is 24.1 Å². The third kappa shape index (κ3) is 5.83. The van der Waals surface area contributed by atoms with E-state index in [0.717, 1.165) is 30.5 Å². The number of nitrogens with zero attached hydrogens (tertiary/aromatic N) is 4. The Balaban J connectivity index is 1.27. The van der Waals surface area contributed by atoms with E-state index in [1.54, 1.807) is 40.9 Å². The fourth-order valence-electron chi connectivity index (χ4n) is 6.57. The second kappa shape index (κ2) is 12.1. The summed E-state index contributed by atoms with van der Waals surface area (Å²) in [4.78, 5) is 20.7. The van der Waals surface area contributed by atoms with Crippen molar-refractivity contribution < 1.29 is 27.1 Å². The molecule has 0 radical (unpaired) electrons. The molecule has 0 saturated heterocycles. The lowest BCUT2D eigenvalue weighted by molar-refractivity contribution is -0.0493. The lowest BCUT2D eigenvalue weighted by Crippen LogP contribution is -2.27. The van der Waals surface area contributed by atoms with Gasteiger partial charge in [0.25, 0.3) is 0 Å². The molecule has 0 unspecified atom stereocenters. The maximum Gasteiger partial charge on any atom is 0.387 e. The Morgan fingerprint density at radius 1 is 1.16 bits per heavy atom. The van der Waals surface area contributed by atoms with Crippen LogP contribution in [0.4, 0.5) is 28.9 Å². The van der Waals surface area contributed by atoms with Gasteiger partial charge in [-0.1, -0.05) is 18.7 Å². The summed E-state index contributed by atoms with van der Waals surface area (Å²) in [7, 11) is 3.67. The van der Waals surface area contributed by atoms with E-state index in [-0.39, 0.29) is 22.5 Å². The average molecular weight is 673 g/mol. The molecule has 49 heavy (non-hydrogen) atoms. The zero-order valence-electron chi connectivity index (χ0n) is 27.6. The molecular weight excluding hydrogens is 636 g/mol. The number of hydrogen-bond donors (Lipinski definition) is 2. The molecule has 2 aromatic carbocycles. The number of aryl methyl sites for hydroxylation is 2. The fourth-order valence-corrected chi connectivity index (χ4v) is 6.57. The third-order valence-electron chi connectivity index (χ3n) is 9.58. The van der Waals surface area contributed by atoms with Crippen LogP contribution in [0.25, 0.3) is 27.7 Å². The van der Waals surface area contributed by atoms with Crippen molar-refractivity contribution in [1.82, 2.24) is 19.3 Å². The number of anilines is 2. The first kappa shape index (κ1) is 32.4. The number of nitrogens with one attached hydrogen (secondary N) is 2. The molecule has 1 fully saturated rings. The highest BCUT2D eigenvalue weighted by Gasteiger charge is 2.36. The summed E-state index contributed by atoms with van der Waals surface area (Å²) in [6.45, 7) is 5.79. The molecule has 0 spiro atoms. The Bertz CT molecular complexity index is 2170. The molecule has 2 aliphatic rings. The Hall–Kier alpha value is -5.10. The second-order valence-corrected chi connectivity index (χ2v) is 13.1. The van der Waals surface area contributed by atoms with Gasteiger partial charge in [0, 0.05) is 61.8 Å². The van der Waals surface area contributed by atoms with Crippen LogP contribution in [0.15, 0.2) is 67.0 Å². The molecule has 3 aromatic heterocycles. The Labute approximate surface area is 280 Å². The molecule has 0 bridgehead atoms. The molecule has 254 valence electrons. The van der Waals surface area contributed by atoms with Crippen molar-refractivity contribution in [2.24, 2.45) is 7.05 Å². The van der Waals surface area contributed by atoms with Gasteiger partial charge in [-0.25, -0.2) is 13.8 Å². The number of alkyl halides is 2. The number of likely N-dealkylation sites (N-methyl/N-ethyl adjacent to an activating group) is 1. The number of carbonyl (C=O) groups is 1. The first-order chi connectivity index (χ1) is 23.3. The number of halogens is 4. The highest BCUT2D eigenvalue weighted by Crippen LogP contribution is 2.48. The van der Waals surface area contributed by atoms with Gasteiger partial charge in [0.15, 0.2) is 0 Å². The topological polar surface area (TPSA) is 75.8 Å². The van der Waals surface area contributed by atoms with E-state index in [1.807, 2.05) is 36.6 Å². The number of ketones is 1. The summed E-state index contributed by atoms with van der Waals surface area (Å²) in [5, 5.41) is 6.05. The van der Waals surface area contributed by atoms with Crippen LogP contribution < -0.4 is 20.3 Å². The lowest BCUT2D eigenvalue weighted by atomic mass is 9.96. The van der Waals surface area contributed by atoms with Gasteiger partial charge in [-0.15, -0.1) is 0 Å². The molecule has 0 amide bonds. The van der Waals surface area contributed by atoms with E-state index in [9.17, 15) is 13.6 Å². The SMILES string of the molecule is C=C(/C=C/CNC1(C)CC1)Nc1c(F)cc(C(=O)c2cc3c4c(cccn24)-c2c(OC(F)F)cc4c(nc(C)n4C)c2N(C)CC3)cc1F. The number of benzene rings is 2. The normalized spacial score (nSPS) is 15.2. The zero-order valence-corrected chi connectivity index (χ0v) is 27.6. The van der Waals surface area contributed by atoms with Crippen molar-refractivity contribution in [1.29, 1.82) is 0 Å². The summed E-state index contributed by atoms with van der Waals surface area (Å²) in [5.41, 5.74) is 4.27. The van der Waals surface area contributed by atoms with Gasteiger partial charge in [0.1, 0.15) is 34.4 Å². The predicted molar refractivity (Wildman–Crippen MR) is 183 cm³/mol. The van der Waals surface area contributed by atoms with Crippen LogP contribution in [0.1, 0.15) is 47.2 Å². The van der Waals surface area contributed by atoms with Crippen molar-refractivity contribution in [2.75, 3.05) is 30.4 Å². The monoisotopic (exact) mass is 672 g/mol. The second-order valence-electron chi connectivity index (χ2n) is 13.1. The number of pyridine rings is 1. The van der Waals surface area contributed by atoms with Crippen LogP contribution in [-0.2, 0) is 13.5 Å². The van der Waals surface area contributed by atoms with Crippen LogP contribution in [0.2, 0.25) is 0 Å². The number of rotatable bonds is 10. The molecule has 4 heterocycles. The summed E-state index contributed by atoms with van der Waals surface area (Å²) < 4.78 is 67.0.